The van der Waals surface area contributed by atoms with Crippen LogP contribution in [0.4, 0.5) is 0 Å². The maximum Gasteiger partial charge on any atom is 0.213 e. The molecule has 2 atom stereocenters. The lowest BCUT2D eigenvalue weighted by molar-refractivity contribution is -0.675. The monoisotopic (exact) mass is 678 g/mol. The Hall–Kier alpha value is -1.28. The van der Waals surface area contributed by atoms with E-state index in [1.165, 1.54) is 84.6 Å². The summed E-state index contributed by atoms with van der Waals surface area (Å²) in [6, 6.07) is 26.5. The molecule has 0 fully saturated rings. The molecule has 4 heteroatoms. The summed E-state index contributed by atoms with van der Waals surface area (Å²) in [5.41, 5.74) is 5.42. The topological polar surface area (TPSA) is 7.76 Å². The van der Waals surface area contributed by atoms with Crippen molar-refractivity contribution in [3.8, 4) is 0 Å². The van der Waals surface area contributed by atoms with E-state index in [0.717, 1.165) is 0 Å². The van der Waals surface area contributed by atoms with Crippen molar-refractivity contribution < 1.29 is 9.13 Å². The van der Waals surface area contributed by atoms with Gasteiger partial charge in [-0.1, -0.05) is 49.9 Å². The number of hydrogen-bond donors (Lipinski definition) is 0. The van der Waals surface area contributed by atoms with Crippen molar-refractivity contribution >= 4 is 67.0 Å². The summed E-state index contributed by atoms with van der Waals surface area (Å²) >= 11 is 5.27. The first-order valence-corrected chi connectivity index (χ1v) is 15.1. The molecule has 0 spiro atoms. The zero-order chi connectivity index (χ0) is 23.9. The summed E-state index contributed by atoms with van der Waals surface area (Å²) in [6.45, 7) is 4.47. The van der Waals surface area contributed by atoms with E-state index in [9.17, 15) is 0 Å². The Morgan fingerprint density at radius 3 is 1.35 bits per heavy atom. The van der Waals surface area contributed by atoms with Gasteiger partial charge in [0.05, 0.1) is 0 Å². The number of halogens is 2. The number of pyridine rings is 2. The van der Waals surface area contributed by atoms with Crippen LogP contribution in [-0.2, 0) is 0 Å². The zero-order valence-corrected chi connectivity index (χ0v) is 24.7. The highest BCUT2D eigenvalue weighted by atomic mass is 127. The fourth-order valence-corrected chi connectivity index (χ4v) is 7.35. The highest BCUT2D eigenvalue weighted by Gasteiger charge is 2.22. The molecule has 0 aliphatic carbocycles. The Balaban J connectivity index is 1.18. The quantitative estimate of drug-likeness (QED) is 0.0649. The molecule has 0 amide bonds. The molecule has 0 aliphatic heterocycles. The minimum Gasteiger partial charge on any atom is -0.184 e. The van der Waals surface area contributed by atoms with E-state index >= 15 is 0 Å². The normalized spacial score (nSPS) is 13.4. The van der Waals surface area contributed by atoms with E-state index in [0.29, 0.717) is 8.10 Å². The maximum atomic E-state index is 2.64. The van der Waals surface area contributed by atoms with Crippen LogP contribution in [-0.4, -0.2) is 0 Å². The second-order valence-corrected chi connectivity index (χ2v) is 12.3. The summed E-state index contributed by atoms with van der Waals surface area (Å²) in [4.78, 5) is 0. The highest BCUT2D eigenvalue weighted by Crippen LogP contribution is 2.24. The Morgan fingerprint density at radius 2 is 0.912 bits per heavy atom. The van der Waals surface area contributed by atoms with Gasteiger partial charge in [0.2, 0.25) is 19.1 Å². The fourth-order valence-electron chi connectivity index (χ4n) is 4.99. The van der Waals surface area contributed by atoms with Gasteiger partial charge in [-0.2, -0.15) is 9.13 Å². The standard InChI is InChI=1S/C30H36I2N2/c1-23-19-21-25-13-9-11-15-27(25)33(23)29(31)17-7-5-3-4-6-8-18-30(32)34-24(2)20-22-26-14-10-12-16-28(26)34/h9-16,19-22,29-30H,3-8,17-18H2,1-2H3/q+2. The van der Waals surface area contributed by atoms with Crippen molar-refractivity contribution in [3.05, 3.63) is 84.2 Å². The number of para-hydroxylation sites is 2. The molecule has 2 aromatic carbocycles. The number of fused-ring (bicyclic) bond motifs is 2. The number of hydrogen-bond acceptors (Lipinski definition) is 0. The van der Waals surface area contributed by atoms with Crippen LogP contribution >= 0.6 is 45.2 Å². The van der Waals surface area contributed by atoms with Crippen LogP contribution in [0.3, 0.4) is 0 Å². The average molecular weight is 678 g/mol. The zero-order valence-electron chi connectivity index (χ0n) is 20.4. The third kappa shape index (κ3) is 6.28. The van der Waals surface area contributed by atoms with E-state index in [2.05, 4.69) is 141 Å². The molecular weight excluding hydrogens is 642 g/mol. The van der Waals surface area contributed by atoms with Crippen molar-refractivity contribution in [2.24, 2.45) is 0 Å². The van der Waals surface area contributed by atoms with Gasteiger partial charge in [-0.25, -0.2) is 0 Å². The molecule has 0 aliphatic rings. The highest BCUT2D eigenvalue weighted by molar-refractivity contribution is 14.1. The molecule has 0 saturated carbocycles. The number of alkyl halides is 2. The smallest absolute Gasteiger partial charge is 0.184 e. The van der Waals surface area contributed by atoms with Gasteiger partial charge in [0.25, 0.3) is 0 Å². The summed E-state index contributed by atoms with van der Waals surface area (Å²) in [7, 11) is 0. The largest absolute Gasteiger partial charge is 0.213 e. The average Bonchev–Trinajstić information content (AvgIpc) is 2.85. The van der Waals surface area contributed by atoms with Crippen LogP contribution in [0.25, 0.3) is 21.8 Å². The molecule has 2 nitrogen and oxygen atoms in total. The molecule has 0 radical (unpaired) electrons. The van der Waals surface area contributed by atoms with Gasteiger partial charge in [0.15, 0.2) is 11.4 Å². The first-order chi connectivity index (χ1) is 16.6. The summed E-state index contributed by atoms with van der Waals surface area (Å²) in [6.07, 6.45) is 10.5. The summed E-state index contributed by atoms with van der Waals surface area (Å²) in [5.74, 6) is 0. The van der Waals surface area contributed by atoms with Crippen molar-refractivity contribution in [2.45, 2.75) is 73.3 Å². The van der Waals surface area contributed by atoms with E-state index in [1.54, 1.807) is 0 Å². The predicted molar refractivity (Wildman–Crippen MR) is 161 cm³/mol. The van der Waals surface area contributed by atoms with Gasteiger partial charge in [0, 0.05) is 61.7 Å². The summed E-state index contributed by atoms with van der Waals surface area (Å²) < 4.78 is 6.07. The third-order valence-electron chi connectivity index (χ3n) is 6.86. The van der Waals surface area contributed by atoms with E-state index in [1.807, 2.05) is 0 Å². The molecular formula is C30H36I2N2+2. The third-order valence-corrected chi connectivity index (χ3v) is 9.22. The molecule has 2 heterocycles. The Labute approximate surface area is 232 Å². The maximum absolute atomic E-state index is 2.64. The lowest BCUT2D eigenvalue weighted by Crippen LogP contribution is -2.40. The molecule has 2 unspecified atom stereocenters. The molecule has 0 bridgehead atoms. The van der Waals surface area contributed by atoms with Crippen molar-refractivity contribution in [1.29, 1.82) is 0 Å². The number of rotatable bonds is 11. The lowest BCUT2D eigenvalue weighted by Gasteiger charge is -2.11. The van der Waals surface area contributed by atoms with Gasteiger partial charge >= 0.3 is 0 Å². The Bertz CT molecular complexity index is 1140. The molecule has 4 rings (SSSR count). The SMILES string of the molecule is Cc1ccc2ccccc2[n+]1C(I)CCCCCCCCC(I)[n+]1c(C)ccc2ccccc21. The van der Waals surface area contributed by atoms with Crippen LogP contribution in [0.2, 0.25) is 0 Å². The molecule has 34 heavy (non-hydrogen) atoms. The van der Waals surface area contributed by atoms with E-state index in [-0.39, 0.29) is 0 Å². The van der Waals surface area contributed by atoms with E-state index < -0.39 is 0 Å². The van der Waals surface area contributed by atoms with Crippen molar-refractivity contribution in [2.75, 3.05) is 0 Å². The Kier molecular flexibility index (Phi) is 9.57. The van der Waals surface area contributed by atoms with Crippen LogP contribution in [0.1, 0.15) is 70.9 Å². The van der Waals surface area contributed by atoms with Crippen LogP contribution in [0.5, 0.6) is 0 Å². The lowest BCUT2D eigenvalue weighted by atomic mass is 10.1. The molecule has 0 N–H and O–H groups in total. The number of aromatic nitrogens is 2. The van der Waals surface area contributed by atoms with Crippen molar-refractivity contribution in [3.63, 3.8) is 0 Å². The number of benzene rings is 2. The number of unbranched alkanes of at least 4 members (excludes halogenated alkanes) is 5. The molecule has 2 aromatic heterocycles. The Morgan fingerprint density at radius 1 is 0.529 bits per heavy atom. The second-order valence-electron chi connectivity index (χ2n) is 9.37. The predicted octanol–water partition coefficient (Wildman–Crippen LogP) is 8.87. The minimum absolute atomic E-state index is 0.518. The van der Waals surface area contributed by atoms with Crippen LogP contribution < -0.4 is 9.13 Å². The van der Waals surface area contributed by atoms with Gasteiger partial charge in [-0.15, -0.1) is 0 Å². The van der Waals surface area contributed by atoms with Crippen LogP contribution in [0, 0.1) is 13.8 Å². The fraction of sp³-hybridized carbons (Fsp3) is 0.400. The van der Waals surface area contributed by atoms with Gasteiger partial charge < -0.3 is 0 Å². The summed E-state index contributed by atoms with van der Waals surface area (Å²) in [5, 5.41) is 2.67. The molecule has 178 valence electrons. The van der Waals surface area contributed by atoms with Gasteiger partial charge in [-0.3, -0.25) is 0 Å². The first kappa shape index (κ1) is 25.8. The van der Waals surface area contributed by atoms with E-state index in [4.69, 9.17) is 0 Å². The number of nitrogens with zero attached hydrogens (tertiary/aromatic N) is 2. The second kappa shape index (κ2) is 12.6. The van der Waals surface area contributed by atoms with Crippen molar-refractivity contribution in [1.82, 2.24) is 0 Å². The molecule has 4 aromatic rings. The minimum atomic E-state index is 0.518. The van der Waals surface area contributed by atoms with Crippen LogP contribution in [0.15, 0.2) is 72.8 Å². The first-order valence-electron chi connectivity index (χ1n) is 12.6. The number of aryl methyl sites for hydroxylation is 2. The molecule has 0 saturated heterocycles. The van der Waals surface area contributed by atoms with Gasteiger partial charge in [0.1, 0.15) is 0 Å². The van der Waals surface area contributed by atoms with Gasteiger partial charge in [-0.05, 0) is 82.3 Å².